The van der Waals surface area contributed by atoms with Crippen LogP contribution >= 0.6 is 0 Å². The molecule has 0 aromatic carbocycles. The molecule has 0 atom stereocenters. The smallest absolute Gasteiger partial charge is 0.305 e. The molecule has 1 aliphatic rings. The van der Waals surface area contributed by atoms with Crippen LogP contribution < -0.4 is 5.32 Å². The minimum atomic E-state index is -0.895. The number of aromatic nitrogens is 2. The lowest BCUT2D eigenvalue weighted by atomic mass is 9.86. The number of aliphatic carboxylic acids is 1. The molecule has 7 heteroatoms. The minimum Gasteiger partial charge on any atom is -0.481 e. The molecule has 0 unspecified atom stereocenters. The largest absolute Gasteiger partial charge is 0.481 e. The molecule has 0 bridgehead atoms. The van der Waals surface area contributed by atoms with Gasteiger partial charge in [-0.15, -0.1) is 0 Å². The zero-order chi connectivity index (χ0) is 19.3. The SMILES string of the molecule is Cc1nn(CC(C)C)c(C)c1CCC(=O)NC1(CC(=O)O)CCOCC1. The molecule has 146 valence electrons. The maximum absolute atomic E-state index is 12.5. The number of carbonyl (C=O) groups excluding carboxylic acids is 1. The van der Waals surface area contributed by atoms with Crippen LogP contribution in [0, 0.1) is 19.8 Å². The molecule has 1 aromatic heterocycles. The second-order valence-corrected chi connectivity index (χ2v) is 7.74. The van der Waals surface area contributed by atoms with Gasteiger partial charge < -0.3 is 15.2 Å². The van der Waals surface area contributed by atoms with Crippen molar-refractivity contribution < 1.29 is 19.4 Å². The normalized spacial score (nSPS) is 16.7. The highest BCUT2D eigenvalue weighted by atomic mass is 16.5. The van der Waals surface area contributed by atoms with E-state index in [0.717, 1.165) is 23.5 Å². The van der Waals surface area contributed by atoms with Crippen LogP contribution in [0.2, 0.25) is 0 Å². The van der Waals surface area contributed by atoms with E-state index in [1.54, 1.807) is 0 Å². The maximum atomic E-state index is 12.5. The molecule has 1 saturated heterocycles. The number of hydrogen-bond acceptors (Lipinski definition) is 4. The molecule has 1 amide bonds. The van der Waals surface area contributed by atoms with Crippen LogP contribution in [0.5, 0.6) is 0 Å². The molecule has 2 N–H and O–H groups in total. The van der Waals surface area contributed by atoms with Crippen molar-refractivity contribution >= 4 is 11.9 Å². The number of carboxylic acids is 1. The van der Waals surface area contributed by atoms with E-state index in [9.17, 15) is 14.7 Å². The number of rotatable bonds is 8. The summed E-state index contributed by atoms with van der Waals surface area (Å²) in [5, 5.41) is 16.8. The molecule has 2 heterocycles. The van der Waals surface area contributed by atoms with Gasteiger partial charge in [0.05, 0.1) is 17.7 Å². The van der Waals surface area contributed by atoms with Gasteiger partial charge in [0.15, 0.2) is 0 Å². The number of carbonyl (C=O) groups is 2. The maximum Gasteiger partial charge on any atom is 0.305 e. The van der Waals surface area contributed by atoms with Crippen molar-refractivity contribution in [2.45, 2.75) is 71.9 Å². The van der Waals surface area contributed by atoms with Crippen molar-refractivity contribution in [2.75, 3.05) is 13.2 Å². The van der Waals surface area contributed by atoms with Crippen LogP contribution in [0.1, 0.15) is 56.5 Å². The van der Waals surface area contributed by atoms with Crippen molar-refractivity contribution in [1.29, 1.82) is 0 Å². The van der Waals surface area contributed by atoms with Crippen molar-refractivity contribution in [1.82, 2.24) is 15.1 Å². The van der Waals surface area contributed by atoms with E-state index in [1.807, 2.05) is 18.5 Å². The van der Waals surface area contributed by atoms with Crippen molar-refractivity contribution in [3.05, 3.63) is 17.0 Å². The molecule has 0 saturated carbocycles. The third-order valence-corrected chi connectivity index (χ3v) is 5.02. The summed E-state index contributed by atoms with van der Waals surface area (Å²) >= 11 is 0. The fraction of sp³-hybridized carbons (Fsp3) is 0.737. The van der Waals surface area contributed by atoms with E-state index < -0.39 is 11.5 Å². The van der Waals surface area contributed by atoms with Crippen LogP contribution in [-0.4, -0.2) is 45.5 Å². The third kappa shape index (κ3) is 5.30. The third-order valence-electron chi connectivity index (χ3n) is 5.02. The number of aryl methyl sites for hydroxylation is 1. The van der Waals surface area contributed by atoms with Gasteiger partial charge in [-0.05, 0) is 44.6 Å². The minimum absolute atomic E-state index is 0.0630. The number of amides is 1. The average molecular weight is 365 g/mol. The molecule has 0 aliphatic carbocycles. The predicted octanol–water partition coefficient (Wildman–Crippen LogP) is 2.23. The van der Waals surface area contributed by atoms with Crippen LogP contribution in [0.15, 0.2) is 0 Å². The Morgan fingerprint density at radius 3 is 2.54 bits per heavy atom. The fourth-order valence-electron chi connectivity index (χ4n) is 3.61. The molecule has 1 aliphatic heterocycles. The van der Waals surface area contributed by atoms with Gasteiger partial charge in [0.25, 0.3) is 0 Å². The summed E-state index contributed by atoms with van der Waals surface area (Å²) < 4.78 is 7.34. The van der Waals surface area contributed by atoms with E-state index in [-0.39, 0.29) is 12.3 Å². The monoisotopic (exact) mass is 365 g/mol. The highest BCUT2D eigenvalue weighted by molar-refractivity contribution is 5.78. The lowest BCUT2D eigenvalue weighted by molar-refractivity contribution is -0.140. The molecule has 1 fully saturated rings. The van der Waals surface area contributed by atoms with Crippen molar-refractivity contribution in [3.8, 4) is 0 Å². The number of ether oxygens (including phenoxy) is 1. The number of hydrogen-bond donors (Lipinski definition) is 2. The summed E-state index contributed by atoms with van der Waals surface area (Å²) in [4.78, 5) is 23.7. The van der Waals surface area contributed by atoms with Crippen LogP contribution in [0.4, 0.5) is 0 Å². The molecular formula is C19H31N3O4. The Kier molecular flexibility index (Phi) is 6.81. The molecule has 1 aromatic rings. The highest BCUT2D eigenvalue weighted by Crippen LogP contribution is 2.25. The number of carboxylic acid groups (broad SMARTS) is 1. The second kappa shape index (κ2) is 8.66. The first-order chi connectivity index (χ1) is 12.2. The lowest BCUT2D eigenvalue weighted by Crippen LogP contribution is -2.53. The Bertz CT molecular complexity index is 645. The predicted molar refractivity (Wildman–Crippen MR) is 98.0 cm³/mol. The highest BCUT2D eigenvalue weighted by Gasteiger charge is 2.36. The summed E-state index contributed by atoms with van der Waals surface area (Å²) in [5.74, 6) is -0.494. The Balaban J connectivity index is 1.99. The topological polar surface area (TPSA) is 93.5 Å². The standard InChI is InChI=1S/C19H31N3O4/c1-13(2)12-22-15(4)16(14(3)21-22)5-6-17(23)20-19(11-18(24)25)7-9-26-10-8-19/h13H,5-12H2,1-4H3,(H,20,23)(H,24,25). The summed E-state index contributed by atoms with van der Waals surface area (Å²) in [6.07, 6.45) is 1.95. The van der Waals surface area contributed by atoms with E-state index in [2.05, 4.69) is 24.3 Å². The molecule has 0 spiro atoms. The molecule has 26 heavy (non-hydrogen) atoms. The van der Waals surface area contributed by atoms with Gasteiger partial charge in [0.2, 0.25) is 5.91 Å². The van der Waals surface area contributed by atoms with Gasteiger partial charge in [-0.3, -0.25) is 14.3 Å². The van der Waals surface area contributed by atoms with Crippen LogP contribution in [0.3, 0.4) is 0 Å². The van der Waals surface area contributed by atoms with Crippen molar-refractivity contribution in [3.63, 3.8) is 0 Å². The Morgan fingerprint density at radius 2 is 1.96 bits per heavy atom. The summed E-state index contributed by atoms with van der Waals surface area (Å²) in [6.45, 7) is 10.1. The zero-order valence-corrected chi connectivity index (χ0v) is 16.3. The van der Waals surface area contributed by atoms with Gasteiger partial charge >= 0.3 is 5.97 Å². The Hall–Kier alpha value is -1.89. The Morgan fingerprint density at radius 1 is 1.31 bits per heavy atom. The van der Waals surface area contributed by atoms with Gasteiger partial charge in [-0.25, -0.2) is 0 Å². The summed E-state index contributed by atoms with van der Waals surface area (Å²) in [7, 11) is 0. The first-order valence-corrected chi connectivity index (χ1v) is 9.36. The molecular weight excluding hydrogens is 334 g/mol. The van der Waals surface area contributed by atoms with E-state index >= 15 is 0 Å². The second-order valence-electron chi connectivity index (χ2n) is 7.74. The van der Waals surface area contributed by atoms with Gasteiger partial charge in [-0.1, -0.05) is 13.8 Å². The number of nitrogens with one attached hydrogen (secondary N) is 1. The Labute approximate surface area is 155 Å². The van der Waals surface area contributed by atoms with E-state index in [0.29, 0.717) is 44.8 Å². The molecule has 7 nitrogen and oxygen atoms in total. The fourth-order valence-corrected chi connectivity index (χ4v) is 3.61. The van der Waals surface area contributed by atoms with Crippen molar-refractivity contribution in [2.24, 2.45) is 5.92 Å². The average Bonchev–Trinajstić information content (AvgIpc) is 2.78. The van der Waals surface area contributed by atoms with Crippen LogP contribution in [0.25, 0.3) is 0 Å². The van der Waals surface area contributed by atoms with Gasteiger partial charge in [-0.2, -0.15) is 5.10 Å². The van der Waals surface area contributed by atoms with Crippen LogP contribution in [-0.2, 0) is 27.3 Å². The van der Waals surface area contributed by atoms with Gasteiger partial charge in [0.1, 0.15) is 0 Å². The number of nitrogens with zero attached hydrogens (tertiary/aromatic N) is 2. The lowest BCUT2D eigenvalue weighted by Gasteiger charge is -2.36. The molecule has 2 rings (SSSR count). The first-order valence-electron chi connectivity index (χ1n) is 9.36. The molecule has 0 radical (unpaired) electrons. The zero-order valence-electron chi connectivity index (χ0n) is 16.3. The summed E-state index contributed by atoms with van der Waals surface area (Å²) in [6, 6.07) is 0. The van der Waals surface area contributed by atoms with Gasteiger partial charge in [0, 0.05) is 31.9 Å². The summed E-state index contributed by atoms with van der Waals surface area (Å²) in [5.41, 5.74) is 2.49. The van der Waals surface area contributed by atoms with E-state index in [4.69, 9.17) is 4.74 Å². The first kappa shape index (κ1) is 20.4. The van der Waals surface area contributed by atoms with E-state index in [1.165, 1.54) is 0 Å². The quantitative estimate of drug-likeness (QED) is 0.737.